The van der Waals surface area contributed by atoms with E-state index in [1.807, 2.05) is 6.92 Å². The van der Waals surface area contributed by atoms with Gasteiger partial charge in [0, 0.05) is 11.6 Å². The lowest BCUT2D eigenvalue weighted by atomic mass is 9.96. The molecule has 0 aromatic heterocycles. The SMILES string of the molecule is CCOC(=O)C1=CCC(N2[Si](C)(C)CC[Si]2(C)C)CC1. The Hall–Kier alpha value is -0.396. The first-order valence-electron chi connectivity index (χ1n) is 7.93. The molecule has 1 saturated heterocycles. The summed E-state index contributed by atoms with van der Waals surface area (Å²) in [6, 6.07) is 3.59. The van der Waals surface area contributed by atoms with Crippen molar-refractivity contribution in [3.8, 4) is 0 Å². The summed E-state index contributed by atoms with van der Waals surface area (Å²) in [5.41, 5.74) is 0.904. The van der Waals surface area contributed by atoms with E-state index in [1.54, 1.807) is 0 Å². The Kier molecular flexibility index (Phi) is 4.61. The first-order valence-corrected chi connectivity index (χ1v) is 14.2. The largest absolute Gasteiger partial charge is 0.463 e. The Bertz CT molecular complexity index is 402. The van der Waals surface area contributed by atoms with E-state index in [4.69, 9.17) is 4.74 Å². The third-order valence-electron chi connectivity index (χ3n) is 4.94. The van der Waals surface area contributed by atoms with Crippen molar-refractivity contribution in [2.45, 2.75) is 70.5 Å². The van der Waals surface area contributed by atoms with Crippen LogP contribution in [0.15, 0.2) is 11.6 Å². The zero-order chi connectivity index (χ0) is 15.0. The zero-order valence-electron chi connectivity index (χ0n) is 13.7. The number of carbonyl (C=O) groups excluding carboxylic acids is 1. The van der Waals surface area contributed by atoms with Crippen LogP contribution in [0.1, 0.15) is 26.2 Å². The smallest absolute Gasteiger partial charge is 0.333 e. The van der Waals surface area contributed by atoms with Gasteiger partial charge in [0.2, 0.25) is 0 Å². The van der Waals surface area contributed by atoms with Crippen molar-refractivity contribution >= 4 is 22.4 Å². The van der Waals surface area contributed by atoms with E-state index in [9.17, 15) is 4.79 Å². The van der Waals surface area contributed by atoms with E-state index >= 15 is 0 Å². The van der Waals surface area contributed by atoms with Crippen molar-refractivity contribution in [3.63, 3.8) is 0 Å². The summed E-state index contributed by atoms with van der Waals surface area (Å²) >= 11 is 0. The zero-order valence-corrected chi connectivity index (χ0v) is 15.7. The van der Waals surface area contributed by atoms with Crippen LogP contribution in [0.3, 0.4) is 0 Å². The van der Waals surface area contributed by atoms with E-state index in [1.165, 1.54) is 12.1 Å². The lowest BCUT2D eigenvalue weighted by molar-refractivity contribution is -0.138. The maximum atomic E-state index is 11.8. The summed E-state index contributed by atoms with van der Waals surface area (Å²) < 4.78 is 8.09. The second-order valence-electron chi connectivity index (χ2n) is 7.37. The predicted molar refractivity (Wildman–Crippen MR) is 88.8 cm³/mol. The van der Waals surface area contributed by atoms with Gasteiger partial charge in [-0.3, -0.25) is 0 Å². The van der Waals surface area contributed by atoms with Gasteiger partial charge in [-0.1, -0.05) is 32.3 Å². The molecule has 1 heterocycles. The minimum atomic E-state index is -1.21. The molecule has 0 amide bonds. The van der Waals surface area contributed by atoms with Crippen LogP contribution in [-0.4, -0.2) is 39.3 Å². The second-order valence-corrected chi connectivity index (χ2v) is 17.0. The van der Waals surface area contributed by atoms with E-state index in [0.29, 0.717) is 12.6 Å². The molecule has 2 rings (SSSR count). The summed E-state index contributed by atoms with van der Waals surface area (Å²) in [4.78, 5) is 11.8. The molecule has 20 heavy (non-hydrogen) atoms. The maximum absolute atomic E-state index is 11.8. The monoisotopic (exact) mass is 311 g/mol. The molecule has 0 spiro atoms. The molecule has 114 valence electrons. The Morgan fingerprint density at radius 1 is 1.30 bits per heavy atom. The normalized spacial score (nSPS) is 29.1. The molecule has 2 aliphatic rings. The molecule has 0 aromatic carbocycles. The third-order valence-corrected chi connectivity index (χ3v) is 15.4. The van der Waals surface area contributed by atoms with Crippen LogP contribution in [0.2, 0.25) is 38.3 Å². The summed E-state index contributed by atoms with van der Waals surface area (Å²) in [6.45, 7) is 12.5. The number of carbonyl (C=O) groups is 1. The third kappa shape index (κ3) is 3.09. The van der Waals surface area contributed by atoms with Crippen LogP contribution in [0.25, 0.3) is 0 Å². The Labute approximate surface area is 125 Å². The highest BCUT2D eigenvalue weighted by Crippen LogP contribution is 2.41. The summed E-state index contributed by atoms with van der Waals surface area (Å²) in [5.74, 6) is -0.0969. The number of hydrogen-bond acceptors (Lipinski definition) is 3. The summed E-state index contributed by atoms with van der Waals surface area (Å²) in [6.07, 6.45) is 5.23. The van der Waals surface area contributed by atoms with E-state index in [2.05, 4.69) is 36.5 Å². The van der Waals surface area contributed by atoms with Crippen molar-refractivity contribution < 1.29 is 9.53 Å². The fourth-order valence-electron chi connectivity index (χ4n) is 4.12. The molecule has 1 aliphatic carbocycles. The molecule has 0 N–H and O–H groups in total. The number of hydrogen-bond donors (Lipinski definition) is 0. The quantitative estimate of drug-likeness (QED) is 0.587. The summed E-state index contributed by atoms with van der Waals surface area (Å²) in [7, 11) is -2.41. The van der Waals surface area contributed by atoms with Crippen LogP contribution in [-0.2, 0) is 9.53 Å². The number of esters is 1. The average Bonchev–Trinajstić information content (AvgIpc) is 2.59. The van der Waals surface area contributed by atoms with Crippen molar-refractivity contribution in [3.05, 3.63) is 11.6 Å². The molecule has 3 nitrogen and oxygen atoms in total. The van der Waals surface area contributed by atoms with E-state index < -0.39 is 16.5 Å². The predicted octanol–water partition coefficient (Wildman–Crippen LogP) is 3.75. The van der Waals surface area contributed by atoms with Crippen molar-refractivity contribution in [1.82, 2.24) is 4.23 Å². The molecule has 1 fully saturated rings. The number of nitrogens with zero attached hydrogens (tertiary/aromatic N) is 1. The second kappa shape index (κ2) is 5.77. The van der Waals surface area contributed by atoms with Crippen LogP contribution in [0.5, 0.6) is 0 Å². The van der Waals surface area contributed by atoms with Crippen molar-refractivity contribution in [1.29, 1.82) is 0 Å². The topological polar surface area (TPSA) is 29.5 Å². The van der Waals surface area contributed by atoms with E-state index in [-0.39, 0.29) is 5.97 Å². The Morgan fingerprint density at radius 3 is 2.35 bits per heavy atom. The fraction of sp³-hybridized carbons (Fsp3) is 0.800. The molecule has 0 bridgehead atoms. The van der Waals surface area contributed by atoms with Gasteiger partial charge in [0.1, 0.15) is 16.5 Å². The van der Waals surface area contributed by atoms with Gasteiger partial charge in [0.05, 0.1) is 6.61 Å². The lowest BCUT2D eigenvalue weighted by Crippen LogP contribution is -2.59. The summed E-state index contributed by atoms with van der Waals surface area (Å²) in [5, 5.41) is 0. The highest BCUT2D eigenvalue weighted by Gasteiger charge is 2.50. The fourth-order valence-corrected chi connectivity index (χ4v) is 19.2. The molecule has 5 heteroatoms. The van der Waals surface area contributed by atoms with Crippen LogP contribution >= 0.6 is 0 Å². The van der Waals surface area contributed by atoms with Crippen molar-refractivity contribution in [2.24, 2.45) is 0 Å². The first-order chi connectivity index (χ1) is 9.28. The van der Waals surface area contributed by atoms with Gasteiger partial charge in [-0.05, 0) is 38.3 Å². The highest BCUT2D eigenvalue weighted by molar-refractivity contribution is 6.95. The Morgan fingerprint density at radius 2 is 1.90 bits per heavy atom. The van der Waals surface area contributed by atoms with Gasteiger partial charge >= 0.3 is 5.97 Å². The minimum Gasteiger partial charge on any atom is -0.463 e. The van der Waals surface area contributed by atoms with E-state index in [0.717, 1.165) is 24.8 Å². The van der Waals surface area contributed by atoms with Crippen LogP contribution < -0.4 is 0 Å². The standard InChI is InChI=1S/C15H29NO2Si2/c1-6-18-15(17)13-7-9-14(10-8-13)16-19(2,3)11-12-20(16,4)5/h7,14H,6,8-12H2,1-5H3. The Balaban J connectivity index is 2.08. The maximum Gasteiger partial charge on any atom is 0.333 e. The molecule has 1 unspecified atom stereocenters. The van der Waals surface area contributed by atoms with Gasteiger partial charge < -0.3 is 8.97 Å². The molecule has 0 radical (unpaired) electrons. The lowest BCUT2D eigenvalue weighted by Gasteiger charge is -2.46. The number of ether oxygens (including phenoxy) is 1. The van der Waals surface area contributed by atoms with Crippen LogP contribution in [0, 0.1) is 0 Å². The number of rotatable bonds is 3. The molecular weight excluding hydrogens is 282 g/mol. The van der Waals surface area contributed by atoms with Gasteiger partial charge in [-0.2, -0.15) is 0 Å². The van der Waals surface area contributed by atoms with Gasteiger partial charge in [-0.25, -0.2) is 4.79 Å². The average molecular weight is 312 g/mol. The molecule has 0 saturated carbocycles. The molecule has 1 atom stereocenters. The van der Waals surface area contributed by atoms with Gasteiger partial charge in [0.15, 0.2) is 0 Å². The van der Waals surface area contributed by atoms with Crippen LogP contribution in [0.4, 0.5) is 0 Å². The van der Waals surface area contributed by atoms with Gasteiger partial charge in [-0.15, -0.1) is 0 Å². The molecular formula is C15H29NO2Si2. The minimum absolute atomic E-state index is 0.0969. The molecule has 0 aromatic rings. The van der Waals surface area contributed by atoms with Gasteiger partial charge in [0.25, 0.3) is 0 Å². The molecule has 1 aliphatic heterocycles. The van der Waals surface area contributed by atoms with Crippen molar-refractivity contribution in [2.75, 3.05) is 6.61 Å². The highest BCUT2D eigenvalue weighted by atomic mass is 28.4. The first kappa shape index (κ1) is 16.0.